The van der Waals surface area contributed by atoms with Gasteiger partial charge in [0, 0.05) is 50.4 Å². The summed E-state index contributed by atoms with van der Waals surface area (Å²) in [6, 6.07) is 14.8. The van der Waals surface area contributed by atoms with Crippen LogP contribution in [0.3, 0.4) is 0 Å². The molecule has 2 amide bonds. The van der Waals surface area contributed by atoms with Crippen molar-refractivity contribution in [2.24, 2.45) is 0 Å². The van der Waals surface area contributed by atoms with Crippen molar-refractivity contribution in [3.63, 3.8) is 0 Å². The average molecular weight is 431 g/mol. The third kappa shape index (κ3) is 5.44. The van der Waals surface area contributed by atoms with Gasteiger partial charge < -0.3 is 15.5 Å². The highest BCUT2D eigenvalue weighted by atomic mass is 32.2. The molecule has 0 spiro atoms. The zero-order valence-electron chi connectivity index (χ0n) is 16.9. The predicted molar refractivity (Wildman–Crippen MR) is 114 cm³/mol. The Kier molecular flexibility index (Phi) is 7.20. The lowest BCUT2D eigenvalue weighted by molar-refractivity contribution is 0.0927. The second kappa shape index (κ2) is 9.84. The minimum atomic E-state index is -3.64. The van der Waals surface area contributed by atoms with Crippen molar-refractivity contribution in [3.8, 4) is 0 Å². The second-order valence-corrected chi connectivity index (χ2v) is 9.05. The van der Waals surface area contributed by atoms with Gasteiger partial charge in [0.15, 0.2) is 0 Å². The molecule has 0 atom stereocenters. The summed E-state index contributed by atoms with van der Waals surface area (Å²) in [6.45, 7) is 2.69. The van der Waals surface area contributed by atoms with E-state index in [4.69, 9.17) is 0 Å². The normalized spacial score (nSPS) is 15.5. The number of sulfonamides is 1. The summed E-state index contributed by atoms with van der Waals surface area (Å²) < 4.78 is 27.2. The van der Waals surface area contributed by atoms with Gasteiger partial charge in [0.25, 0.3) is 11.8 Å². The first-order valence-corrected chi connectivity index (χ1v) is 11.2. The van der Waals surface area contributed by atoms with E-state index in [0.29, 0.717) is 31.7 Å². The van der Waals surface area contributed by atoms with Crippen LogP contribution in [-0.4, -0.2) is 75.8 Å². The molecule has 0 saturated carbocycles. The summed E-state index contributed by atoms with van der Waals surface area (Å²) in [5, 5.41) is 5.43. The van der Waals surface area contributed by atoms with E-state index in [2.05, 4.69) is 15.5 Å². The van der Waals surface area contributed by atoms with Gasteiger partial charge in [-0.3, -0.25) is 9.59 Å². The number of hydrogen-bond acceptors (Lipinski definition) is 5. The van der Waals surface area contributed by atoms with E-state index in [-0.39, 0.29) is 35.4 Å². The molecule has 0 radical (unpaired) electrons. The quantitative estimate of drug-likeness (QED) is 0.633. The number of hydrogen-bond donors (Lipinski definition) is 2. The van der Waals surface area contributed by atoms with Gasteiger partial charge in [-0.15, -0.1) is 0 Å². The van der Waals surface area contributed by atoms with Gasteiger partial charge in [0.05, 0.1) is 4.90 Å². The Morgan fingerprint density at radius 3 is 2.03 bits per heavy atom. The predicted octanol–water partition coefficient (Wildman–Crippen LogP) is 0.783. The maximum atomic E-state index is 12.9. The van der Waals surface area contributed by atoms with Crippen molar-refractivity contribution >= 4 is 21.8 Å². The highest BCUT2D eigenvalue weighted by Crippen LogP contribution is 2.18. The zero-order chi connectivity index (χ0) is 21.6. The van der Waals surface area contributed by atoms with Crippen molar-refractivity contribution in [2.45, 2.75) is 4.90 Å². The lowest BCUT2D eigenvalue weighted by Gasteiger charge is -2.31. The number of carbonyl (C=O) groups is 2. The summed E-state index contributed by atoms with van der Waals surface area (Å²) >= 11 is 0. The largest absolute Gasteiger partial charge is 0.350 e. The maximum Gasteiger partial charge on any atom is 0.251 e. The third-order valence-corrected chi connectivity index (χ3v) is 6.82. The Hall–Kier alpha value is -2.75. The Bertz CT molecular complexity index is 987. The summed E-state index contributed by atoms with van der Waals surface area (Å²) in [7, 11) is -1.68. The Labute approximate surface area is 176 Å². The number of likely N-dealkylation sites (N-methyl/N-ethyl adjacent to an activating group) is 1. The summed E-state index contributed by atoms with van der Waals surface area (Å²) in [5.41, 5.74) is 0.810. The number of benzene rings is 2. The van der Waals surface area contributed by atoms with Crippen LogP contribution in [0.25, 0.3) is 0 Å². The number of nitrogens with one attached hydrogen (secondary N) is 2. The Balaban J connectivity index is 1.55. The molecule has 8 nitrogen and oxygen atoms in total. The molecule has 30 heavy (non-hydrogen) atoms. The molecule has 160 valence electrons. The zero-order valence-corrected chi connectivity index (χ0v) is 17.7. The molecule has 2 N–H and O–H groups in total. The van der Waals surface area contributed by atoms with Crippen LogP contribution in [0.15, 0.2) is 59.5 Å². The standard InChI is InChI=1S/C21H26N4O4S/c1-24-12-14-25(15-13-24)30(28,29)19-9-5-8-18(16-19)21(27)23-11-10-22-20(26)17-6-3-2-4-7-17/h2-9,16H,10-15H2,1H3,(H,22,26)(H,23,27). The number of nitrogens with zero attached hydrogens (tertiary/aromatic N) is 2. The van der Waals surface area contributed by atoms with Gasteiger partial charge in [-0.2, -0.15) is 4.31 Å². The van der Waals surface area contributed by atoms with E-state index in [9.17, 15) is 18.0 Å². The molecule has 1 heterocycles. The van der Waals surface area contributed by atoms with E-state index in [1.807, 2.05) is 13.1 Å². The van der Waals surface area contributed by atoms with Gasteiger partial charge in [-0.1, -0.05) is 24.3 Å². The van der Waals surface area contributed by atoms with Crippen molar-refractivity contribution in [1.82, 2.24) is 19.8 Å². The summed E-state index contributed by atoms with van der Waals surface area (Å²) in [6.07, 6.45) is 0. The van der Waals surface area contributed by atoms with E-state index in [1.165, 1.54) is 16.4 Å². The van der Waals surface area contributed by atoms with Crippen LogP contribution in [0.4, 0.5) is 0 Å². The average Bonchev–Trinajstić information content (AvgIpc) is 2.77. The van der Waals surface area contributed by atoms with Gasteiger partial charge in [0.2, 0.25) is 10.0 Å². The third-order valence-electron chi connectivity index (χ3n) is 4.93. The number of amides is 2. The summed E-state index contributed by atoms with van der Waals surface area (Å²) in [5.74, 6) is -0.607. The fourth-order valence-electron chi connectivity index (χ4n) is 3.12. The molecule has 2 aromatic rings. The van der Waals surface area contributed by atoms with Gasteiger partial charge in [-0.05, 0) is 37.4 Å². The van der Waals surface area contributed by atoms with Gasteiger partial charge in [-0.25, -0.2) is 8.42 Å². The highest BCUT2D eigenvalue weighted by Gasteiger charge is 2.27. The number of rotatable bonds is 7. The molecule has 0 unspecified atom stereocenters. The number of piperazine rings is 1. The second-order valence-electron chi connectivity index (χ2n) is 7.11. The van der Waals surface area contributed by atoms with Crippen LogP contribution in [0.1, 0.15) is 20.7 Å². The fourth-order valence-corrected chi connectivity index (χ4v) is 4.59. The molecule has 1 saturated heterocycles. The smallest absolute Gasteiger partial charge is 0.251 e. The first-order valence-electron chi connectivity index (χ1n) is 9.78. The molecule has 1 aliphatic rings. The van der Waals surface area contributed by atoms with Gasteiger partial charge in [0.1, 0.15) is 0 Å². The molecule has 3 rings (SSSR count). The fraction of sp³-hybridized carbons (Fsp3) is 0.333. The minimum Gasteiger partial charge on any atom is -0.350 e. The van der Waals surface area contributed by atoms with Crippen LogP contribution in [0.5, 0.6) is 0 Å². The van der Waals surface area contributed by atoms with Crippen LogP contribution in [0.2, 0.25) is 0 Å². The molecule has 2 aromatic carbocycles. The van der Waals surface area contributed by atoms with Crippen LogP contribution < -0.4 is 10.6 Å². The molecule has 0 aliphatic carbocycles. The van der Waals surface area contributed by atoms with Crippen LogP contribution >= 0.6 is 0 Å². The van der Waals surface area contributed by atoms with Crippen molar-refractivity contribution < 1.29 is 18.0 Å². The van der Waals surface area contributed by atoms with Crippen LogP contribution in [0, 0.1) is 0 Å². The first kappa shape index (κ1) is 21.9. The molecule has 1 fully saturated rings. The molecule has 0 bridgehead atoms. The lowest BCUT2D eigenvalue weighted by Crippen LogP contribution is -2.47. The van der Waals surface area contributed by atoms with Crippen molar-refractivity contribution in [1.29, 1.82) is 0 Å². The van der Waals surface area contributed by atoms with E-state index < -0.39 is 10.0 Å². The first-order chi connectivity index (χ1) is 14.4. The summed E-state index contributed by atoms with van der Waals surface area (Å²) in [4.78, 5) is 26.6. The van der Waals surface area contributed by atoms with Crippen molar-refractivity contribution in [2.75, 3.05) is 46.3 Å². The molecule has 1 aliphatic heterocycles. The molecular weight excluding hydrogens is 404 g/mol. The minimum absolute atomic E-state index is 0.108. The monoisotopic (exact) mass is 430 g/mol. The highest BCUT2D eigenvalue weighted by molar-refractivity contribution is 7.89. The molecule has 9 heteroatoms. The molecule has 0 aromatic heterocycles. The van der Waals surface area contributed by atoms with Gasteiger partial charge >= 0.3 is 0 Å². The number of carbonyl (C=O) groups excluding carboxylic acids is 2. The SMILES string of the molecule is CN1CCN(S(=O)(=O)c2cccc(C(=O)NCCNC(=O)c3ccccc3)c2)CC1. The lowest BCUT2D eigenvalue weighted by atomic mass is 10.2. The Morgan fingerprint density at radius 1 is 0.833 bits per heavy atom. The van der Waals surface area contributed by atoms with Crippen molar-refractivity contribution in [3.05, 3.63) is 65.7 Å². The van der Waals surface area contributed by atoms with Crippen LogP contribution in [-0.2, 0) is 10.0 Å². The Morgan fingerprint density at radius 2 is 1.40 bits per heavy atom. The topological polar surface area (TPSA) is 98.8 Å². The maximum absolute atomic E-state index is 12.9. The molecular formula is C21H26N4O4S. The van der Waals surface area contributed by atoms with E-state index in [1.54, 1.807) is 36.4 Å². The van der Waals surface area contributed by atoms with E-state index >= 15 is 0 Å². The van der Waals surface area contributed by atoms with E-state index in [0.717, 1.165) is 0 Å².